The van der Waals surface area contributed by atoms with Crippen molar-refractivity contribution in [2.45, 2.75) is 13.8 Å². The average Bonchev–Trinajstić information content (AvgIpc) is 3.36. The van der Waals surface area contributed by atoms with Crippen molar-refractivity contribution in [1.29, 1.82) is 0 Å². The van der Waals surface area contributed by atoms with Crippen molar-refractivity contribution in [2.24, 2.45) is 0 Å². The minimum Gasteiger partial charge on any atom is -0.456 e. The molecule has 3 amide bonds. The van der Waals surface area contributed by atoms with E-state index in [0.717, 1.165) is 16.0 Å². The molecule has 1 aromatic heterocycles. The largest absolute Gasteiger partial charge is 0.456 e. The molecule has 0 radical (unpaired) electrons. The Bertz CT molecular complexity index is 1350. The summed E-state index contributed by atoms with van der Waals surface area (Å²) in [5.74, 6) is -0.602. The molecule has 0 unspecified atom stereocenters. The molecule has 4 rings (SSSR count). The van der Waals surface area contributed by atoms with Crippen LogP contribution in [0.3, 0.4) is 0 Å². The number of nitro groups is 1. The SMILES string of the molecule is Cc1cc(-c2ccc(/C=C3\SC(=O)N(CC(=O)Nc4ccccc4)C3=O)o2)c([N+](=O)[O-])cc1C. The number of furan rings is 1. The van der Waals surface area contributed by atoms with Crippen molar-refractivity contribution in [3.05, 3.63) is 86.5 Å². The number of hydrogen-bond donors (Lipinski definition) is 1. The number of hydrogen-bond acceptors (Lipinski definition) is 7. The Balaban J connectivity index is 1.52. The van der Waals surface area contributed by atoms with Crippen molar-refractivity contribution in [3.63, 3.8) is 0 Å². The van der Waals surface area contributed by atoms with Gasteiger partial charge in [0.2, 0.25) is 5.91 Å². The van der Waals surface area contributed by atoms with Crippen LogP contribution in [0, 0.1) is 24.0 Å². The number of nitro benzene ring substituents is 1. The number of amides is 3. The standard InChI is InChI=1S/C24H19N3O6S/c1-14-10-18(19(27(31)32)11-15(14)2)20-9-8-17(33-20)12-21-23(29)26(24(30)34-21)13-22(28)25-16-6-4-3-5-7-16/h3-12H,13H2,1-2H3,(H,25,28)/b21-12-. The molecule has 1 aliphatic rings. The van der Waals surface area contributed by atoms with Gasteiger partial charge in [-0.05, 0) is 67.1 Å². The molecule has 0 atom stereocenters. The number of nitrogens with one attached hydrogen (secondary N) is 1. The van der Waals surface area contributed by atoms with Gasteiger partial charge in [0.05, 0.1) is 15.4 Å². The molecule has 0 spiro atoms. The second kappa shape index (κ2) is 9.36. The summed E-state index contributed by atoms with van der Waals surface area (Å²) in [7, 11) is 0. The van der Waals surface area contributed by atoms with Crippen LogP contribution >= 0.6 is 11.8 Å². The molecule has 1 N–H and O–H groups in total. The number of para-hydroxylation sites is 1. The average molecular weight is 477 g/mol. The lowest BCUT2D eigenvalue weighted by atomic mass is 10.0. The highest BCUT2D eigenvalue weighted by atomic mass is 32.2. The van der Waals surface area contributed by atoms with Crippen LogP contribution < -0.4 is 5.32 Å². The summed E-state index contributed by atoms with van der Waals surface area (Å²) >= 11 is 0.693. The number of anilines is 1. The van der Waals surface area contributed by atoms with Crippen LogP contribution in [-0.4, -0.2) is 33.4 Å². The molecule has 1 aliphatic heterocycles. The lowest BCUT2D eigenvalue weighted by molar-refractivity contribution is -0.384. The van der Waals surface area contributed by atoms with E-state index < -0.39 is 28.5 Å². The van der Waals surface area contributed by atoms with Crippen molar-refractivity contribution in [3.8, 4) is 11.3 Å². The normalized spacial score (nSPS) is 14.6. The van der Waals surface area contributed by atoms with Gasteiger partial charge in [0, 0.05) is 17.8 Å². The van der Waals surface area contributed by atoms with Crippen LogP contribution in [0.5, 0.6) is 0 Å². The Morgan fingerprint density at radius 2 is 1.82 bits per heavy atom. The first-order valence-corrected chi connectivity index (χ1v) is 11.0. The van der Waals surface area contributed by atoms with Crippen molar-refractivity contribution >= 4 is 46.3 Å². The Morgan fingerprint density at radius 1 is 1.12 bits per heavy atom. The predicted octanol–water partition coefficient (Wildman–Crippen LogP) is 5.15. The van der Waals surface area contributed by atoms with Crippen LogP contribution in [0.1, 0.15) is 16.9 Å². The summed E-state index contributed by atoms with van der Waals surface area (Å²) in [4.78, 5) is 49.3. The maximum Gasteiger partial charge on any atom is 0.294 e. The minimum absolute atomic E-state index is 0.0891. The summed E-state index contributed by atoms with van der Waals surface area (Å²) in [6.07, 6.45) is 1.39. The number of thioether (sulfide) groups is 1. The zero-order valence-electron chi connectivity index (χ0n) is 18.2. The number of imide groups is 1. The summed E-state index contributed by atoms with van der Waals surface area (Å²) in [5.41, 5.74) is 2.44. The first-order valence-electron chi connectivity index (χ1n) is 10.2. The van der Waals surface area contributed by atoms with Gasteiger partial charge in [-0.3, -0.25) is 29.4 Å². The maximum absolute atomic E-state index is 12.7. The van der Waals surface area contributed by atoms with Crippen molar-refractivity contribution < 1.29 is 23.7 Å². The van der Waals surface area contributed by atoms with Gasteiger partial charge in [0.1, 0.15) is 18.1 Å². The van der Waals surface area contributed by atoms with Crippen LogP contribution in [0.4, 0.5) is 16.2 Å². The van der Waals surface area contributed by atoms with Crippen molar-refractivity contribution in [1.82, 2.24) is 4.90 Å². The van der Waals surface area contributed by atoms with Crippen LogP contribution in [0.2, 0.25) is 0 Å². The first kappa shape index (κ1) is 23.0. The highest BCUT2D eigenvalue weighted by Gasteiger charge is 2.36. The van der Waals surface area contributed by atoms with Gasteiger partial charge >= 0.3 is 0 Å². The number of carbonyl (C=O) groups is 3. The Labute approximate surface area is 198 Å². The number of rotatable bonds is 6. The molecule has 2 heterocycles. The maximum atomic E-state index is 12.7. The monoisotopic (exact) mass is 477 g/mol. The summed E-state index contributed by atoms with van der Waals surface area (Å²) < 4.78 is 5.74. The third kappa shape index (κ3) is 4.76. The second-order valence-electron chi connectivity index (χ2n) is 7.59. The fourth-order valence-corrected chi connectivity index (χ4v) is 4.17. The number of aryl methyl sites for hydroxylation is 2. The van der Waals surface area contributed by atoms with E-state index >= 15 is 0 Å². The fourth-order valence-electron chi connectivity index (χ4n) is 3.36. The Hall–Kier alpha value is -4.18. The number of nitrogens with zero attached hydrogens (tertiary/aromatic N) is 2. The summed E-state index contributed by atoms with van der Waals surface area (Å²) in [5, 5.41) is 13.5. The van der Waals surface area contributed by atoms with E-state index in [1.54, 1.807) is 55.5 Å². The van der Waals surface area contributed by atoms with E-state index in [0.29, 0.717) is 23.0 Å². The van der Waals surface area contributed by atoms with Crippen molar-refractivity contribution in [2.75, 3.05) is 11.9 Å². The van der Waals surface area contributed by atoms with Gasteiger partial charge in [0.25, 0.3) is 16.8 Å². The Morgan fingerprint density at radius 3 is 2.53 bits per heavy atom. The molecule has 10 heteroatoms. The molecule has 0 aliphatic carbocycles. The zero-order valence-corrected chi connectivity index (χ0v) is 19.0. The molecule has 1 fully saturated rings. The lowest BCUT2D eigenvalue weighted by Crippen LogP contribution is -2.36. The highest BCUT2D eigenvalue weighted by molar-refractivity contribution is 8.18. The second-order valence-corrected chi connectivity index (χ2v) is 8.59. The molecule has 3 aromatic rings. The third-order valence-corrected chi connectivity index (χ3v) is 6.11. The summed E-state index contributed by atoms with van der Waals surface area (Å²) in [6.45, 7) is 3.21. The van der Waals surface area contributed by atoms with Gasteiger partial charge in [0.15, 0.2) is 0 Å². The molecule has 1 saturated heterocycles. The van der Waals surface area contributed by atoms with Crippen LogP contribution in [0.25, 0.3) is 17.4 Å². The van der Waals surface area contributed by atoms with Gasteiger partial charge in [-0.25, -0.2) is 0 Å². The van der Waals surface area contributed by atoms with Gasteiger partial charge in [-0.2, -0.15) is 0 Å². The van der Waals surface area contributed by atoms with E-state index in [1.165, 1.54) is 12.1 Å². The molecular formula is C24H19N3O6S. The van der Waals surface area contributed by atoms with E-state index in [-0.39, 0.29) is 22.1 Å². The van der Waals surface area contributed by atoms with E-state index in [1.807, 2.05) is 6.92 Å². The topological polar surface area (TPSA) is 123 Å². The smallest absolute Gasteiger partial charge is 0.294 e. The van der Waals surface area contributed by atoms with E-state index in [4.69, 9.17) is 4.42 Å². The van der Waals surface area contributed by atoms with Gasteiger partial charge in [-0.15, -0.1) is 0 Å². The van der Waals surface area contributed by atoms with Gasteiger partial charge in [-0.1, -0.05) is 18.2 Å². The minimum atomic E-state index is -0.617. The van der Waals surface area contributed by atoms with Crippen LogP contribution in [-0.2, 0) is 9.59 Å². The van der Waals surface area contributed by atoms with E-state index in [9.17, 15) is 24.5 Å². The highest BCUT2D eigenvalue weighted by Crippen LogP contribution is 2.36. The molecule has 172 valence electrons. The quantitative estimate of drug-likeness (QED) is 0.296. The Kier molecular flexibility index (Phi) is 6.33. The molecule has 34 heavy (non-hydrogen) atoms. The predicted molar refractivity (Wildman–Crippen MR) is 128 cm³/mol. The van der Waals surface area contributed by atoms with E-state index in [2.05, 4.69) is 5.32 Å². The summed E-state index contributed by atoms with van der Waals surface area (Å²) in [6, 6.07) is 15.0. The molecule has 0 saturated carbocycles. The first-order chi connectivity index (χ1) is 16.2. The molecular weight excluding hydrogens is 458 g/mol. The fraction of sp³-hybridized carbons (Fsp3) is 0.125. The number of carbonyl (C=O) groups excluding carboxylic acids is 3. The zero-order chi connectivity index (χ0) is 24.4. The van der Waals surface area contributed by atoms with Gasteiger partial charge < -0.3 is 9.73 Å². The van der Waals surface area contributed by atoms with Crippen LogP contribution in [0.15, 0.2) is 63.9 Å². The molecule has 2 aromatic carbocycles. The lowest BCUT2D eigenvalue weighted by Gasteiger charge is -2.12. The molecule has 0 bridgehead atoms. The molecule has 9 nitrogen and oxygen atoms in total. The number of benzene rings is 2. The third-order valence-electron chi connectivity index (χ3n) is 5.21.